The molecule has 0 aliphatic carbocycles. The van der Waals surface area contributed by atoms with Crippen molar-refractivity contribution in [1.29, 1.82) is 0 Å². The maximum Gasteiger partial charge on any atom is 0.144 e. The summed E-state index contributed by atoms with van der Waals surface area (Å²) < 4.78 is 6.07. The molecule has 0 spiro atoms. The minimum Gasteiger partial charge on any atom is -0.491 e. The van der Waals surface area contributed by atoms with Crippen LogP contribution in [-0.4, -0.2) is 21.6 Å². The van der Waals surface area contributed by atoms with Crippen molar-refractivity contribution in [2.45, 2.75) is 84.5 Å². The topological polar surface area (TPSA) is 56.6 Å². The van der Waals surface area contributed by atoms with E-state index in [1.807, 2.05) is 12.3 Å². The zero-order valence-electron chi connectivity index (χ0n) is 20.0. The highest BCUT2D eigenvalue weighted by Crippen LogP contribution is 2.27. The summed E-state index contributed by atoms with van der Waals surface area (Å²) in [4.78, 5) is 10.3. The third kappa shape index (κ3) is 7.81. The summed E-state index contributed by atoms with van der Waals surface area (Å²) in [6.07, 6.45) is 20.6. The molecule has 3 N–H and O–H groups in total. The van der Waals surface area contributed by atoms with E-state index in [1.165, 1.54) is 56.7 Å². The molecule has 0 unspecified atom stereocenters. The second-order valence-corrected chi connectivity index (χ2v) is 8.73. The van der Waals surface area contributed by atoms with Crippen molar-refractivity contribution in [3.63, 3.8) is 0 Å². The van der Waals surface area contributed by atoms with Gasteiger partial charge in [-0.1, -0.05) is 71.3 Å². The number of ether oxygens (including phenoxy) is 1. The Morgan fingerprint density at radius 3 is 2.28 bits per heavy atom. The third-order valence-electron chi connectivity index (χ3n) is 5.91. The summed E-state index contributed by atoms with van der Waals surface area (Å²) in [5, 5.41) is 2.29. The number of unbranched alkanes of at least 4 members (excludes halogenated alkanes) is 9. The Labute approximate surface area is 193 Å². The van der Waals surface area contributed by atoms with Gasteiger partial charge in [-0.2, -0.15) is 0 Å². The van der Waals surface area contributed by atoms with E-state index in [9.17, 15) is 0 Å². The van der Waals surface area contributed by atoms with E-state index >= 15 is 0 Å². The molecule has 3 aromatic heterocycles. The van der Waals surface area contributed by atoms with Crippen LogP contribution in [0.4, 0.5) is 0 Å². The molecule has 0 aliphatic heterocycles. The van der Waals surface area contributed by atoms with Crippen LogP contribution in [0, 0.1) is 0 Å². The lowest BCUT2D eigenvalue weighted by Gasteiger charge is -2.03. The minimum atomic E-state index is 0.738. The number of aromatic amines is 3. The first-order valence-corrected chi connectivity index (χ1v) is 12.7. The van der Waals surface area contributed by atoms with E-state index in [2.05, 4.69) is 65.2 Å². The van der Waals surface area contributed by atoms with Crippen LogP contribution in [-0.2, 0) is 0 Å². The highest BCUT2D eigenvalue weighted by molar-refractivity contribution is 5.65. The molecule has 0 aliphatic rings. The Morgan fingerprint density at radius 2 is 1.53 bits per heavy atom. The molecule has 4 heteroatoms. The van der Waals surface area contributed by atoms with Crippen LogP contribution in [0.15, 0.2) is 36.5 Å². The Kier molecular flexibility index (Phi) is 10.3. The van der Waals surface area contributed by atoms with Gasteiger partial charge in [-0.25, -0.2) is 0 Å². The van der Waals surface area contributed by atoms with E-state index in [0.717, 1.165) is 54.0 Å². The van der Waals surface area contributed by atoms with Crippen molar-refractivity contribution in [1.82, 2.24) is 15.0 Å². The third-order valence-corrected chi connectivity index (χ3v) is 5.91. The molecule has 0 amide bonds. The first-order chi connectivity index (χ1) is 15.8. The van der Waals surface area contributed by atoms with Crippen molar-refractivity contribution >= 4 is 12.2 Å². The molecule has 0 bridgehead atoms. The fourth-order valence-corrected chi connectivity index (χ4v) is 3.97. The van der Waals surface area contributed by atoms with Crippen LogP contribution >= 0.6 is 0 Å². The molecule has 0 radical (unpaired) electrons. The van der Waals surface area contributed by atoms with Gasteiger partial charge in [-0.05, 0) is 49.6 Å². The molecule has 3 heterocycles. The molecule has 0 saturated heterocycles. The Hall–Kier alpha value is -2.62. The van der Waals surface area contributed by atoms with E-state index in [-0.39, 0.29) is 0 Å². The smallest absolute Gasteiger partial charge is 0.144 e. The number of hydrogen-bond donors (Lipinski definition) is 3. The average Bonchev–Trinajstić information content (AvgIpc) is 3.55. The zero-order valence-corrected chi connectivity index (χ0v) is 20.0. The summed E-state index contributed by atoms with van der Waals surface area (Å²) in [7, 11) is 0. The van der Waals surface area contributed by atoms with Crippen LogP contribution in [0.1, 0.15) is 90.2 Å². The SMILES string of the molecule is CCCCCCCCCCC=c1ccc(=Cc2[nH]c(-c3ccc[nH]3)cc2OCCCC)[nH]1. The summed E-state index contributed by atoms with van der Waals surface area (Å²) in [5.74, 6) is 0.905. The Morgan fingerprint density at radius 1 is 0.781 bits per heavy atom. The van der Waals surface area contributed by atoms with Crippen molar-refractivity contribution in [3.8, 4) is 17.1 Å². The Balaban J connectivity index is 1.59. The van der Waals surface area contributed by atoms with Gasteiger partial charge in [-0.15, -0.1) is 0 Å². The number of nitrogens with one attached hydrogen (secondary N) is 3. The lowest BCUT2D eigenvalue weighted by molar-refractivity contribution is 0.309. The van der Waals surface area contributed by atoms with Gasteiger partial charge in [-0.3, -0.25) is 0 Å². The van der Waals surface area contributed by atoms with E-state index < -0.39 is 0 Å². The lowest BCUT2D eigenvalue weighted by atomic mass is 10.1. The molecule has 174 valence electrons. The van der Waals surface area contributed by atoms with Crippen molar-refractivity contribution in [2.75, 3.05) is 6.61 Å². The molecule has 0 fully saturated rings. The van der Waals surface area contributed by atoms with Gasteiger partial charge >= 0.3 is 0 Å². The van der Waals surface area contributed by atoms with Crippen LogP contribution in [0.25, 0.3) is 23.5 Å². The van der Waals surface area contributed by atoms with Crippen LogP contribution in [0.2, 0.25) is 0 Å². The Bertz CT molecular complexity index is 994. The number of aromatic nitrogens is 3. The fraction of sp³-hybridized carbons (Fsp3) is 0.500. The standard InChI is InChI=1S/C28H41N3O/c1-3-5-7-8-9-10-11-12-13-15-23-17-18-24(30-23)21-27-28(32-20-6-4-2)22-26(31-27)25-16-14-19-29-25/h14-19,21-22,29-31H,3-13,20H2,1-2H3. The summed E-state index contributed by atoms with van der Waals surface area (Å²) >= 11 is 0. The molecule has 0 atom stereocenters. The van der Waals surface area contributed by atoms with Crippen molar-refractivity contribution in [3.05, 3.63) is 52.9 Å². The second-order valence-electron chi connectivity index (χ2n) is 8.73. The first kappa shape index (κ1) is 24.0. The molecule has 32 heavy (non-hydrogen) atoms. The predicted octanol–water partition coefficient (Wildman–Crippen LogP) is 6.66. The monoisotopic (exact) mass is 435 g/mol. The fourth-order valence-electron chi connectivity index (χ4n) is 3.97. The zero-order chi connectivity index (χ0) is 22.4. The minimum absolute atomic E-state index is 0.738. The highest BCUT2D eigenvalue weighted by Gasteiger charge is 2.10. The van der Waals surface area contributed by atoms with Gasteiger partial charge in [0.2, 0.25) is 0 Å². The lowest BCUT2D eigenvalue weighted by Crippen LogP contribution is -2.09. The largest absolute Gasteiger partial charge is 0.491 e. The highest BCUT2D eigenvalue weighted by atomic mass is 16.5. The van der Waals surface area contributed by atoms with Crippen LogP contribution in [0.3, 0.4) is 0 Å². The van der Waals surface area contributed by atoms with E-state index in [1.54, 1.807) is 0 Å². The normalized spacial score (nSPS) is 12.7. The van der Waals surface area contributed by atoms with Crippen molar-refractivity contribution in [2.24, 2.45) is 0 Å². The van der Waals surface area contributed by atoms with Crippen molar-refractivity contribution < 1.29 is 4.74 Å². The van der Waals surface area contributed by atoms with E-state index in [4.69, 9.17) is 4.74 Å². The first-order valence-electron chi connectivity index (χ1n) is 12.7. The molecule has 4 nitrogen and oxygen atoms in total. The van der Waals surface area contributed by atoms with Gasteiger partial charge in [0.25, 0.3) is 0 Å². The van der Waals surface area contributed by atoms with Crippen LogP contribution in [0.5, 0.6) is 5.75 Å². The molecular formula is C28H41N3O. The number of H-pyrrole nitrogens is 3. The maximum absolute atomic E-state index is 6.07. The van der Waals surface area contributed by atoms with Gasteiger partial charge in [0.05, 0.1) is 23.7 Å². The summed E-state index contributed by atoms with van der Waals surface area (Å²) in [5.41, 5.74) is 3.11. The molecular weight excluding hydrogens is 394 g/mol. The van der Waals surface area contributed by atoms with Gasteiger partial charge in [0, 0.05) is 23.0 Å². The van der Waals surface area contributed by atoms with Gasteiger partial charge < -0.3 is 19.7 Å². The average molecular weight is 436 g/mol. The molecule has 3 aromatic rings. The molecule has 3 rings (SSSR count). The number of hydrogen-bond acceptors (Lipinski definition) is 1. The predicted molar refractivity (Wildman–Crippen MR) is 136 cm³/mol. The van der Waals surface area contributed by atoms with E-state index in [0.29, 0.717) is 0 Å². The summed E-state index contributed by atoms with van der Waals surface area (Å²) in [6.45, 7) is 5.20. The quantitative estimate of drug-likeness (QED) is 0.230. The molecule has 0 aromatic carbocycles. The van der Waals surface area contributed by atoms with Gasteiger partial charge in [0.15, 0.2) is 0 Å². The maximum atomic E-state index is 6.07. The molecule has 0 saturated carbocycles. The summed E-state index contributed by atoms with van der Waals surface area (Å²) in [6, 6.07) is 10.5. The number of rotatable bonds is 15. The van der Waals surface area contributed by atoms with Crippen LogP contribution < -0.4 is 15.4 Å². The second kappa shape index (κ2) is 13.7. The van der Waals surface area contributed by atoms with Gasteiger partial charge in [0.1, 0.15) is 5.75 Å².